The minimum absolute atomic E-state index is 0.443. The molecular formula is C17H26BrNO. The molecule has 0 bridgehead atoms. The van der Waals surface area contributed by atoms with Gasteiger partial charge in [-0.1, -0.05) is 47.7 Å². The van der Waals surface area contributed by atoms with Crippen LogP contribution in [0.1, 0.15) is 57.1 Å². The Morgan fingerprint density at radius 1 is 1.25 bits per heavy atom. The van der Waals surface area contributed by atoms with Gasteiger partial charge in [-0.3, -0.25) is 0 Å². The van der Waals surface area contributed by atoms with Crippen molar-refractivity contribution in [3.05, 3.63) is 28.2 Å². The predicted octanol–water partition coefficient (Wildman–Crippen LogP) is 5.08. The molecule has 1 N–H and O–H groups in total. The number of hydrogen-bond donors (Lipinski definition) is 1. The van der Waals surface area contributed by atoms with E-state index in [1.807, 2.05) is 6.92 Å². The summed E-state index contributed by atoms with van der Waals surface area (Å²) in [6.45, 7) is 2.73. The van der Waals surface area contributed by atoms with Crippen LogP contribution in [0.2, 0.25) is 0 Å². The smallest absolute Gasteiger partial charge is 0.120 e. The molecule has 0 saturated heterocycles. The van der Waals surface area contributed by atoms with Crippen LogP contribution >= 0.6 is 15.9 Å². The molecular weight excluding hydrogens is 314 g/mol. The largest absolute Gasteiger partial charge is 0.494 e. The van der Waals surface area contributed by atoms with Gasteiger partial charge in [-0.05, 0) is 50.4 Å². The van der Waals surface area contributed by atoms with Crippen LogP contribution in [-0.4, -0.2) is 13.7 Å². The lowest BCUT2D eigenvalue weighted by atomic mass is 9.87. The Labute approximate surface area is 131 Å². The van der Waals surface area contributed by atoms with Gasteiger partial charge in [-0.15, -0.1) is 0 Å². The highest BCUT2D eigenvalue weighted by Crippen LogP contribution is 2.37. The van der Waals surface area contributed by atoms with Gasteiger partial charge in [-0.25, -0.2) is 0 Å². The van der Waals surface area contributed by atoms with E-state index >= 15 is 0 Å². The standard InChI is InChI=1S/C17H26BrNO/c1-3-20-14-10-11-15(16(18)12-14)17(19-2)13-8-6-4-5-7-9-13/h10-13,17,19H,3-9H2,1-2H3. The molecule has 112 valence electrons. The topological polar surface area (TPSA) is 21.3 Å². The van der Waals surface area contributed by atoms with E-state index in [1.54, 1.807) is 0 Å². The molecule has 1 aliphatic rings. The Hall–Kier alpha value is -0.540. The first-order valence-corrected chi connectivity index (χ1v) is 8.65. The molecule has 1 unspecified atom stereocenters. The van der Waals surface area contributed by atoms with Gasteiger partial charge in [0, 0.05) is 10.5 Å². The molecule has 0 radical (unpaired) electrons. The van der Waals surface area contributed by atoms with E-state index in [0.29, 0.717) is 12.6 Å². The van der Waals surface area contributed by atoms with Gasteiger partial charge in [0.1, 0.15) is 5.75 Å². The monoisotopic (exact) mass is 339 g/mol. The lowest BCUT2D eigenvalue weighted by Gasteiger charge is -2.27. The third-order valence-corrected chi connectivity index (χ3v) is 4.99. The quantitative estimate of drug-likeness (QED) is 0.755. The molecule has 0 heterocycles. The van der Waals surface area contributed by atoms with E-state index < -0.39 is 0 Å². The molecule has 2 nitrogen and oxygen atoms in total. The lowest BCUT2D eigenvalue weighted by molar-refractivity contribution is 0.334. The van der Waals surface area contributed by atoms with Gasteiger partial charge in [0.2, 0.25) is 0 Å². The zero-order valence-corrected chi connectivity index (χ0v) is 14.2. The lowest BCUT2D eigenvalue weighted by Crippen LogP contribution is -2.25. The van der Waals surface area contributed by atoms with Crippen molar-refractivity contribution in [1.29, 1.82) is 0 Å². The third-order valence-electron chi connectivity index (χ3n) is 4.30. The summed E-state index contributed by atoms with van der Waals surface area (Å²) < 4.78 is 6.73. The first kappa shape index (κ1) is 15.8. The Kier molecular flexibility index (Phi) is 6.37. The number of ether oxygens (including phenoxy) is 1. The molecule has 1 aromatic carbocycles. The molecule has 3 heteroatoms. The van der Waals surface area contributed by atoms with Gasteiger partial charge in [0.25, 0.3) is 0 Å². The number of benzene rings is 1. The number of halogens is 1. The zero-order valence-electron chi connectivity index (χ0n) is 12.6. The van der Waals surface area contributed by atoms with Crippen molar-refractivity contribution in [3.8, 4) is 5.75 Å². The van der Waals surface area contributed by atoms with Crippen LogP contribution in [0.15, 0.2) is 22.7 Å². The van der Waals surface area contributed by atoms with Crippen LogP contribution in [0.4, 0.5) is 0 Å². The van der Waals surface area contributed by atoms with E-state index in [1.165, 1.54) is 44.1 Å². The van der Waals surface area contributed by atoms with Crippen LogP contribution in [0.3, 0.4) is 0 Å². The number of hydrogen-bond acceptors (Lipinski definition) is 2. The minimum atomic E-state index is 0.443. The molecule has 1 atom stereocenters. The molecule has 1 saturated carbocycles. The first-order chi connectivity index (χ1) is 9.76. The molecule has 0 spiro atoms. The highest BCUT2D eigenvalue weighted by atomic mass is 79.9. The molecule has 1 aliphatic carbocycles. The average molecular weight is 340 g/mol. The fourth-order valence-electron chi connectivity index (χ4n) is 3.31. The Morgan fingerprint density at radius 2 is 1.95 bits per heavy atom. The molecule has 20 heavy (non-hydrogen) atoms. The van der Waals surface area contributed by atoms with Gasteiger partial charge >= 0.3 is 0 Å². The highest BCUT2D eigenvalue weighted by Gasteiger charge is 2.24. The summed E-state index contributed by atoms with van der Waals surface area (Å²) in [5.74, 6) is 1.69. The molecule has 2 rings (SSSR count). The summed E-state index contributed by atoms with van der Waals surface area (Å²) in [6.07, 6.45) is 8.22. The summed E-state index contributed by atoms with van der Waals surface area (Å²) >= 11 is 3.72. The maximum atomic E-state index is 5.57. The van der Waals surface area contributed by atoms with Gasteiger partial charge in [-0.2, -0.15) is 0 Å². The van der Waals surface area contributed by atoms with Crippen molar-refractivity contribution >= 4 is 15.9 Å². The van der Waals surface area contributed by atoms with Crippen molar-refractivity contribution in [2.75, 3.05) is 13.7 Å². The van der Waals surface area contributed by atoms with Crippen molar-refractivity contribution in [3.63, 3.8) is 0 Å². The Balaban J connectivity index is 2.17. The van der Waals surface area contributed by atoms with E-state index in [9.17, 15) is 0 Å². The summed E-state index contributed by atoms with van der Waals surface area (Å²) in [5, 5.41) is 3.54. The fourth-order valence-corrected chi connectivity index (χ4v) is 3.91. The van der Waals surface area contributed by atoms with E-state index in [2.05, 4.69) is 46.5 Å². The molecule has 1 fully saturated rings. The average Bonchev–Trinajstić information content (AvgIpc) is 2.71. The molecule has 0 amide bonds. The first-order valence-electron chi connectivity index (χ1n) is 7.85. The van der Waals surface area contributed by atoms with Crippen LogP contribution in [0.5, 0.6) is 5.75 Å². The van der Waals surface area contributed by atoms with Crippen molar-refractivity contribution in [2.45, 2.75) is 51.5 Å². The minimum Gasteiger partial charge on any atom is -0.494 e. The summed E-state index contributed by atoms with van der Waals surface area (Å²) in [6, 6.07) is 6.84. The molecule has 0 aromatic heterocycles. The zero-order chi connectivity index (χ0) is 14.4. The summed E-state index contributed by atoms with van der Waals surface area (Å²) in [7, 11) is 2.08. The van der Waals surface area contributed by atoms with Gasteiger partial charge in [0.05, 0.1) is 6.61 Å². The van der Waals surface area contributed by atoms with Gasteiger partial charge in [0.15, 0.2) is 0 Å². The van der Waals surface area contributed by atoms with E-state index in [-0.39, 0.29) is 0 Å². The second-order valence-electron chi connectivity index (χ2n) is 5.63. The number of rotatable bonds is 5. The second-order valence-corrected chi connectivity index (χ2v) is 6.49. The van der Waals surface area contributed by atoms with Crippen LogP contribution in [0, 0.1) is 5.92 Å². The third kappa shape index (κ3) is 3.98. The van der Waals surface area contributed by atoms with Gasteiger partial charge < -0.3 is 10.1 Å². The van der Waals surface area contributed by atoms with E-state index in [4.69, 9.17) is 4.74 Å². The fraction of sp³-hybridized carbons (Fsp3) is 0.647. The van der Waals surface area contributed by atoms with Crippen LogP contribution < -0.4 is 10.1 Å². The Morgan fingerprint density at radius 3 is 2.50 bits per heavy atom. The normalized spacial score (nSPS) is 18.6. The van der Waals surface area contributed by atoms with Crippen LogP contribution in [-0.2, 0) is 0 Å². The van der Waals surface area contributed by atoms with Crippen molar-refractivity contribution in [1.82, 2.24) is 5.32 Å². The van der Waals surface area contributed by atoms with Crippen molar-refractivity contribution < 1.29 is 4.74 Å². The van der Waals surface area contributed by atoms with Crippen molar-refractivity contribution in [2.24, 2.45) is 5.92 Å². The second kappa shape index (κ2) is 8.04. The predicted molar refractivity (Wildman–Crippen MR) is 88.3 cm³/mol. The summed E-state index contributed by atoms with van der Waals surface area (Å²) in [4.78, 5) is 0. The molecule has 0 aliphatic heterocycles. The Bertz CT molecular complexity index is 413. The summed E-state index contributed by atoms with van der Waals surface area (Å²) in [5.41, 5.74) is 1.36. The highest BCUT2D eigenvalue weighted by molar-refractivity contribution is 9.10. The maximum absolute atomic E-state index is 5.57. The molecule has 1 aromatic rings. The number of nitrogens with one attached hydrogen (secondary N) is 1. The maximum Gasteiger partial charge on any atom is 0.120 e. The van der Waals surface area contributed by atoms with E-state index in [0.717, 1.165) is 16.1 Å². The SMILES string of the molecule is CCOc1ccc(C(NC)C2CCCCCC2)c(Br)c1. The van der Waals surface area contributed by atoms with Crippen LogP contribution in [0.25, 0.3) is 0 Å².